The average molecular weight is 459 g/mol. The van der Waals surface area contributed by atoms with Gasteiger partial charge in [0.15, 0.2) is 5.72 Å². The van der Waals surface area contributed by atoms with E-state index in [1.165, 1.54) is 24.3 Å². The van der Waals surface area contributed by atoms with E-state index in [1.54, 1.807) is 12.1 Å². The van der Waals surface area contributed by atoms with Crippen molar-refractivity contribution in [1.29, 1.82) is 0 Å². The standard InChI is InChI=1S/C24H20F3NO5/c25-24(26,27)33-18-9-6-16(7-10-18)14-31-21-19-5-2-1-4-17(19)8-11-20(21)22(30)28-23(32-15-29)12-3-13-23/h1-2,4-11,15H,3,12-14H2,(H,28,30). The normalized spacial score (nSPS) is 14.8. The molecule has 3 aromatic carbocycles. The Balaban J connectivity index is 1.58. The van der Waals surface area contributed by atoms with Gasteiger partial charge in [-0.2, -0.15) is 0 Å². The molecule has 1 saturated carbocycles. The number of amides is 1. The van der Waals surface area contributed by atoms with Crippen molar-refractivity contribution in [2.75, 3.05) is 0 Å². The monoisotopic (exact) mass is 459 g/mol. The molecule has 1 N–H and O–H groups in total. The van der Waals surface area contributed by atoms with Crippen LogP contribution < -0.4 is 14.8 Å². The van der Waals surface area contributed by atoms with E-state index in [0.717, 1.165) is 11.8 Å². The summed E-state index contributed by atoms with van der Waals surface area (Å²) in [6, 6.07) is 16.0. The molecular weight excluding hydrogens is 439 g/mol. The molecule has 0 aromatic heterocycles. The number of ether oxygens (including phenoxy) is 3. The highest BCUT2D eigenvalue weighted by molar-refractivity contribution is 6.04. The predicted octanol–water partition coefficient (Wildman–Crippen LogP) is 5.10. The minimum Gasteiger partial charge on any atom is -0.487 e. The third kappa shape index (κ3) is 5.19. The van der Waals surface area contributed by atoms with Crippen LogP contribution in [0.15, 0.2) is 60.7 Å². The molecule has 0 radical (unpaired) electrons. The van der Waals surface area contributed by atoms with E-state index in [-0.39, 0.29) is 17.9 Å². The fourth-order valence-electron chi connectivity index (χ4n) is 3.66. The van der Waals surface area contributed by atoms with Crippen LogP contribution in [0.2, 0.25) is 0 Å². The number of hydrogen-bond acceptors (Lipinski definition) is 5. The van der Waals surface area contributed by atoms with Crippen LogP contribution in [0.5, 0.6) is 11.5 Å². The van der Waals surface area contributed by atoms with E-state index in [2.05, 4.69) is 10.1 Å². The van der Waals surface area contributed by atoms with Gasteiger partial charge in [-0.3, -0.25) is 9.59 Å². The molecule has 0 bridgehead atoms. The second kappa shape index (κ2) is 9.01. The molecule has 4 rings (SSSR count). The van der Waals surface area contributed by atoms with E-state index in [1.807, 2.05) is 24.3 Å². The fraction of sp³-hybridized carbons (Fsp3) is 0.250. The van der Waals surface area contributed by atoms with E-state index in [4.69, 9.17) is 9.47 Å². The number of halogens is 3. The number of rotatable bonds is 8. The van der Waals surface area contributed by atoms with Gasteiger partial charge in [0.05, 0.1) is 5.56 Å². The molecule has 3 aromatic rings. The molecule has 1 aliphatic rings. The van der Waals surface area contributed by atoms with Crippen LogP contribution in [-0.4, -0.2) is 24.5 Å². The maximum Gasteiger partial charge on any atom is 0.573 e. The van der Waals surface area contributed by atoms with Crippen LogP contribution in [-0.2, 0) is 16.1 Å². The van der Waals surface area contributed by atoms with Gasteiger partial charge in [-0.1, -0.05) is 42.5 Å². The lowest BCUT2D eigenvalue weighted by molar-refractivity contribution is -0.274. The molecule has 0 heterocycles. The van der Waals surface area contributed by atoms with Crippen LogP contribution in [0.3, 0.4) is 0 Å². The molecule has 0 spiro atoms. The van der Waals surface area contributed by atoms with Gasteiger partial charge < -0.3 is 19.5 Å². The molecule has 1 aliphatic carbocycles. The van der Waals surface area contributed by atoms with Crippen molar-refractivity contribution < 1.29 is 37.0 Å². The van der Waals surface area contributed by atoms with Gasteiger partial charge in [-0.05, 0) is 35.6 Å². The van der Waals surface area contributed by atoms with Crippen molar-refractivity contribution in [2.45, 2.75) is 38.0 Å². The largest absolute Gasteiger partial charge is 0.573 e. The second-order valence-corrected chi connectivity index (χ2v) is 7.66. The highest BCUT2D eigenvalue weighted by Gasteiger charge is 2.41. The zero-order valence-corrected chi connectivity index (χ0v) is 17.4. The van der Waals surface area contributed by atoms with Crippen molar-refractivity contribution in [2.24, 2.45) is 0 Å². The molecule has 9 heteroatoms. The van der Waals surface area contributed by atoms with Crippen LogP contribution in [0, 0.1) is 0 Å². The molecule has 0 unspecified atom stereocenters. The van der Waals surface area contributed by atoms with E-state index < -0.39 is 18.0 Å². The van der Waals surface area contributed by atoms with Gasteiger partial charge in [0.1, 0.15) is 18.1 Å². The SMILES string of the molecule is O=COC1(NC(=O)c2ccc3ccccc3c2OCc2ccc(OC(F)(F)F)cc2)CCC1. The van der Waals surface area contributed by atoms with Crippen molar-refractivity contribution in [3.8, 4) is 11.5 Å². The van der Waals surface area contributed by atoms with Crippen LogP contribution in [0.25, 0.3) is 10.8 Å². The maximum absolute atomic E-state index is 13.1. The van der Waals surface area contributed by atoms with Gasteiger partial charge in [0.25, 0.3) is 12.4 Å². The van der Waals surface area contributed by atoms with Crippen LogP contribution in [0.4, 0.5) is 13.2 Å². The highest BCUT2D eigenvalue weighted by Crippen LogP contribution is 2.35. The van der Waals surface area contributed by atoms with Gasteiger partial charge in [0, 0.05) is 18.2 Å². The number of fused-ring (bicyclic) bond motifs is 1. The number of hydrogen-bond donors (Lipinski definition) is 1. The number of carbonyl (C=O) groups excluding carboxylic acids is 2. The first-order valence-corrected chi connectivity index (χ1v) is 10.2. The molecule has 0 saturated heterocycles. The minimum absolute atomic E-state index is 0.0105. The molecule has 1 amide bonds. The molecule has 0 atom stereocenters. The summed E-state index contributed by atoms with van der Waals surface area (Å²) in [5.74, 6) is -0.467. The van der Waals surface area contributed by atoms with Crippen molar-refractivity contribution in [3.05, 3.63) is 71.8 Å². The fourth-order valence-corrected chi connectivity index (χ4v) is 3.66. The zero-order chi connectivity index (χ0) is 23.5. The summed E-state index contributed by atoms with van der Waals surface area (Å²) < 4.78 is 52.1. The summed E-state index contributed by atoms with van der Waals surface area (Å²) in [5, 5.41) is 4.33. The first-order valence-electron chi connectivity index (χ1n) is 10.2. The number of nitrogens with one attached hydrogen (secondary N) is 1. The zero-order valence-electron chi connectivity index (χ0n) is 17.4. The van der Waals surface area contributed by atoms with Gasteiger partial charge >= 0.3 is 6.36 Å². The minimum atomic E-state index is -4.77. The Morgan fingerprint density at radius 1 is 1.03 bits per heavy atom. The lowest BCUT2D eigenvalue weighted by atomic mass is 9.87. The highest BCUT2D eigenvalue weighted by atomic mass is 19.4. The quantitative estimate of drug-likeness (QED) is 0.375. The van der Waals surface area contributed by atoms with Crippen molar-refractivity contribution in [3.63, 3.8) is 0 Å². The summed E-state index contributed by atoms with van der Waals surface area (Å²) >= 11 is 0. The average Bonchev–Trinajstić information content (AvgIpc) is 2.75. The summed E-state index contributed by atoms with van der Waals surface area (Å²) in [6.07, 6.45) is -2.90. The third-order valence-corrected chi connectivity index (χ3v) is 5.44. The molecule has 33 heavy (non-hydrogen) atoms. The van der Waals surface area contributed by atoms with Gasteiger partial charge in [0.2, 0.25) is 0 Å². The summed E-state index contributed by atoms with van der Waals surface area (Å²) in [5.41, 5.74) is -0.175. The number of benzene rings is 3. The van der Waals surface area contributed by atoms with Gasteiger partial charge in [-0.25, -0.2) is 0 Å². The predicted molar refractivity (Wildman–Crippen MR) is 113 cm³/mol. The first kappa shape index (κ1) is 22.4. The van der Waals surface area contributed by atoms with Crippen LogP contribution >= 0.6 is 0 Å². The molecule has 1 fully saturated rings. The Morgan fingerprint density at radius 3 is 2.39 bits per heavy atom. The summed E-state index contributed by atoms with van der Waals surface area (Å²) in [7, 11) is 0. The van der Waals surface area contributed by atoms with Crippen molar-refractivity contribution >= 4 is 23.2 Å². The Kier molecular flexibility index (Phi) is 6.13. The van der Waals surface area contributed by atoms with Crippen LogP contribution in [0.1, 0.15) is 35.2 Å². The topological polar surface area (TPSA) is 73.9 Å². The lowest BCUT2D eigenvalue weighted by Gasteiger charge is -2.40. The Bertz CT molecular complexity index is 1160. The number of carbonyl (C=O) groups is 2. The smallest absolute Gasteiger partial charge is 0.487 e. The van der Waals surface area contributed by atoms with Crippen molar-refractivity contribution in [1.82, 2.24) is 5.32 Å². The van der Waals surface area contributed by atoms with E-state index in [9.17, 15) is 22.8 Å². The molecule has 0 aliphatic heterocycles. The Labute approximate surface area is 187 Å². The Hall–Kier alpha value is -3.75. The number of alkyl halides is 3. The molecular formula is C24H20F3NO5. The van der Waals surface area contributed by atoms with Gasteiger partial charge in [-0.15, -0.1) is 13.2 Å². The summed E-state index contributed by atoms with van der Waals surface area (Å²) in [6.45, 7) is 0.333. The Morgan fingerprint density at radius 2 is 1.76 bits per heavy atom. The molecule has 6 nitrogen and oxygen atoms in total. The van der Waals surface area contributed by atoms with E-state index in [0.29, 0.717) is 36.0 Å². The second-order valence-electron chi connectivity index (χ2n) is 7.66. The molecule has 172 valence electrons. The third-order valence-electron chi connectivity index (χ3n) is 5.44. The summed E-state index contributed by atoms with van der Waals surface area (Å²) in [4.78, 5) is 23.9. The van der Waals surface area contributed by atoms with E-state index >= 15 is 0 Å². The maximum atomic E-state index is 13.1. The first-order chi connectivity index (χ1) is 15.8. The lowest BCUT2D eigenvalue weighted by Crippen LogP contribution is -2.55.